The number of amides is 4. The molecule has 9 N–H and O–H groups in total. The number of nitrogens with zero attached hydrogens (tertiary/aromatic N) is 5. The fourth-order valence-electron chi connectivity index (χ4n) is 8.55. The lowest BCUT2D eigenvalue weighted by molar-refractivity contribution is 0.0515. The molecule has 0 unspecified atom stereocenters. The van der Waals surface area contributed by atoms with Crippen molar-refractivity contribution in [2.24, 2.45) is 0 Å². The first-order chi connectivity index (χ1) is 63.6. The molecule has 0 saturated carbocycles. The number of hydrogen-bond acceptors (Lipinski definition) is 26. The number of hydrogen-bond donors (Lipinski definition) is 9. The zero-order valence-electron chi connectivity index (χ0n) is 92.9. The van der Waals surface area contributed by atoms with Gasteiger partial charge in [0.25, 0.3) is 0 Å². The quantitative estimate of drug-likeness (QED) is 0.00635. The van der Waals surface area contributed by atoms with Crippen LogP contribution in [0.3, 0.4) is 0 Å². The van der Waals surface area contributed by atoms with E-state index < -0.39 is 86.2 Å². The molecule has 5 heterocycles. The molecule has 0 fully saturated rings. The van der Waals surface area contributed by atoms with Crippen molar-refractivity contribution in [1.29, 1.82) is 0 Å². The molecule has 0 radical (unpaired) electrons. The van der Waals surface area contributed by atoms with E-state index in [9.17, 15) is 19.2 Å². The average molecular weight is 2160 g/mol. The van der Waals surface area contributed by atoms with Crippen molar-refractivity contribution >= 4 is 89.5 Å². The molecule has 139 heavy (non-hydrogen) atoms. The third-order valence-corrected chi connectivity index (χ3v) is 39.1. The second-order valence-corrected chi connectivity index (χ2v) is 62.9. The van der Waals surface area contributed by atoms with E-state index >= 15 is 0 Å². The molecule has 30 nitrogen and oxygen atoms in total. The van der Waals surface area contributed by atoms with Gasteiger partial charge in [-0.3, -0.25) is 9.97 Å². The lowest BCUT2D eigenvalue weighted by Gasteiger charge is -2.37. The van der Waals surface area contributed by atoms with Crippen LogP contribution in [0, 0.1) is 24.2 Å². The molecule has 0 aliphatic carbocycles. The Labute approximate surface area is 859 Å². The van der Waals surface area contributed by atoms with Gasteiger partial charge in [-0.25, -0.2) is 34.1 Å². The number of pyridine rings is 5. The summed E-state index contributed by atoms with van der Waals surface area (Å²) in [4.78, 5) is 66.6. The number of aromatic nitrogens is 5. The standard InChI is InChI=1S/C22H40N2O4Si.C22H36N2O4Si.C16H26N2O4.C14H24BrNO2Si.C9H22O2Si.C8H13NO2.C5H4BrNO.C3H8O2.2C2H6/c2*1-17(16-26-29(8,9)22(5,6)7)27-19-13-11-14-23-18(19)12-10-15-24-20(25)28-21(2,3)4;1-12(11-19)21-14-8-6-9-17-13(14)7-5-10-18-15(20)22-16(2,3)4;1-11(10-17-19(5,6)14(2,3)4)18-12-8-7-9-16-13(12)15;1-8(10)7-11-12(5,6)9(2,3)4;1-5-6-9-7(10)11-8(2,3)4;6-5-4(8)2-1-3-7-5;1-3(5)2-4;2*1-2/h11,13-14,17H,10,12,15-16H2,1-9H3,(H,24,25);11,13-14,17H,15-16H2,1-9H3,(H,24,25);6,8-9,12,19H,5,7,10-11H2,1-4H3,(H,18,20);7-9,11H,10H2,1-6H3;8,10H,7H2,1-6H3;1H,6H2,2-4H3,(H,9,10);1-3,8H;3-5H,2H2,1H3;2*1-2H3/t2*17-;12-;11-;8-;;;3-;;/m11110..0../s1. The number of aryl methyl sites for hydroxylation is 2. The maximum absolute atomic E-state index is 11.7. The maximum atomic E-state index is 11.7. The number of halogens is 2. The molecule has 36 heteroatoms. The molecule has 0 aromatic carbocycles. The van der Waals surface area contributed by atoms with E-state index in [1.807, 2.05) is 147 Å². The Morgan fingerprint density at radius 2 is 0.669 bits per heavy atom. The SMILES string of the molecule is C#CCNC(=O)OC(C)(C)C.CC.CC.C[C@H](CO)Oc1cccnc1CCCNC(=O)OC(C)(C)C.C[C@H](CO[Si](C)(C)C(C)(C)C)Oc1cccnc1Br.C[C@H](CO[Si](C)(C)C(C)(C)C)Oc1cccnc1C#CCNC(=O)OC(C)(C)C.C[C@H](CO[Si](C)(C)C(C)(C)C)Oc1cccnc1CCCNC(=O)OC(C)(C)C.C[C@H](O)CO.C[C@H](O)CO[Si](C)(C)C(C)(C)C.Oc1cccnc1Br. The van der Waals surface area contributed by atoms with Crippen molar-refractivity contribution in [1.82, 2.24) is 46.2 Å². The molecule has 4 amide bonds. The normalized spacial score (nSPS) is 12.9. The van der Waals surface area contributed by atoms with Gasteiger partial charge in [0.05, 0.1) is 76.3 Å². The molecule has 5 rings (SSSR count). The van der Waals surface area contributed by atoms with Gasteiger partial charge in [0, 0.05) is 44.1 Å². The Morgan fingerprint density at radius 1 is 0.388 bits per heavy atom. The first-order valence-electron chi connectivity index (χ1n) is 47.9. The van der Waals surface area contributed by atoms with Crippen LogP contribution in [0.1, 0.15) is 265 Å². The van der Waals surface area contributed by atoms with Crippen LogP contribution in [0.2, 0.25) is 72.5 Å². The Balaban J connectivity index is -0.000000511. The smallest absolute Gasteiger partial charge is 0.408 e. The van der Waals surface area contributed by atoms with Gasteiger partial charge in [0.15, 0.2) is 50.5 Å². The number of carbonyl (C=O) groups is 4. The van der Waals surface area contributed by atoms with Crippen LogP contribution in [-0.2, 0) is 49.5 Å². The largest absolute Gasteiger partial charge is 0.505 e. The molecular formula is C103H185Br2N9O21Si4. The van der Waals surface area contributed by atoms with Crippen molar-refractivity contribution in [2.45, 2.75) is 393 Å². The zero-order valence-corrected chi connectivity index (χ0v) is 100. The molecule has 6 atom stereocenters. The van der Waals surface area contributed by atoms with Crippen molar-refractivity contribution in [3.63, 3.8) is 0 Å². The summed E-state index contributed by atoms with van der Waals surface area (Å²) in [6.45, 7) is 88.7. The van der Waals surface area contributed by atoms with Crippen LogP contribution in [0.15, 0.2) is 101 Å². The summed E-state index contributed by atoms with van der Waals surface area (Å²) in [7, 11) is -6.96. The molecule has 798 valence electrons. The Morgan fingerprint density at radius 3 is 0.964 bits per heavy atom. The van der Waals surface area contributed by atoms with Gasteiger partial charge in [-0.1, -0.05) is 123 Å². The number of terminal acetylenes is 1. The molecule has 0 aliphatic heterocycles. The molecular weight excluding hydrogens is 1970 g/mol. The van der Waals surface area contributed by atoms with Crippen LogP contribution in [0.25, 0.3) is 0 Å². The van der Waals surface area contributed by atoms with E-state index in [0.29, 0.717) is 74.2 Å². The number of aliphatic hydroxyl groups is 4. The maximum Gasteiger partial charge on any atom is 0.408 e. The van der Waals surface area contributed by atoms with Crippen LogP contribution in [-0.4, -0.2) is 233 Å². The van der Waals surface area contributed by atoms with E-state index in [1.54, 1.807) is 89.9 Å². The minimum Gasteiger partial charge on any atom is -0.505 e. The van der Waals surface area contributed by atoms with Crippen molar-refractivity contribution in [2.75, 3.05) is 65.8 Å². The Bertz CT molecular complexity index is 4250. The zero-order chi connectivity index (χ0) is 109. The number of rotatable bonds is 32. The topological polar surface area (TPSA) is 393 Å². The van der Waals surface area contributed by atoms with E-state index in [0.717, 1.165) is 40.3 Å². The van der Waals surface area contributed by atoms with Crippen LogP contribution in [0.4, 0.5) is 19.2 Å². The third kappa shape index (κ3) is 72.4. The number of aromatic hydroxyl groups is 1. The summed E-state index contributed by atoms with van der Waals surface area (Å²) < 4.78 is 69.7. The third-order valence-electron chi connectivity index (χ3n) is 19.9. The van der Waals surface area contributed by atoms with Gasteiger partial charge in [0.2, 0.25) is 0 Å². The highest BCUT2D eigenvalue weighted by atomic mass is 79.9. The number of nitrogens with one attached hydrogen (secondary N) is 4. The number of carbonyl (C=O) groups excluding carboxylic acids is 4. The summed E-state index contributed by atoms with van der Waals surface area (Å²) >= 11 is 6.41. The fraction of sp³-hybridized carbons (Fsp3) is 0.680. The van der Waals surface area contributed by atoms with Gasteiger partial charge in [-0.15, -0.1) is 6.42 Å². The highest BCUT2D eigenvalue weighted by molar-refractivity contribution is 9.10. The number of alkyl carbamates (subject to hydrolysis) is 4. The van der Waals surface area contributed by atoms with E-state index in [2.05, 4.69) is 231 Å². The highest BCUT2D eigenvalue weighted by Gasteiger charge is 2.41. The van der Waals surface area contributed by atoms with Crippen molar-refractivity contribution in [3.8, 4) is 52.9 Å². The monoisotopic (exact) mass is 2150 g/mol. The van der Waals surface area contributed by atoms with Gasteiger partial charge in [-0.05, 0) is 321 Å². The molecule has 0 aliphatic rings. The summed E-state index contributed by atoms with van der Waals surface area (Å²) in [6, 6.07) is 18.1. The van der Waals surface area contributed by atoms with Gasteiger partial charge >= 0.3 is 24.4 Å². The summed E-state index contributed by atoms with van der Waals surface area (Å²) in [6.07, 6.45) is 13.1. The molecule has 5 aromatic heterocycles. The number of ether oxygens (including phenoxy) is 8. The predicted molar refractivity (Wildman–Crippen MR) is 581 cm³/mol. The average Bonchev–Trinajstić information content (AvgIpc) is 0.856. The predicted octanol–water partition coefficient (Wildman–Crippen LogP) is 23.5. The first-order valence-corrected chi connectivity index (χ1v) is 61.1. The lowest BCUT2D eigenvalue weighted by atomic mass is 10.2. The van der Waals surface area contributed by atoms with Gasteiger partial charge < -0.3 is 102 Å². The second-order valence-electron chi connectivity index (χ2n) is 42.2. The van der Waals surface area contributed by atoms with Gasteiger partial charge in [0.1, 0.15) is 73.3 Å². The Hall–Kier alpha value is -7.54. The van der Waals surface area contributed by atoms with Crippen molar-refractivity contribution < 1.29 is 100 Å². The molecule has 0 bridgehead atoms. The second kappa shape index (κ2) is 69.4. The minimum absolute atomic E-state index is 0.00891. The summed E-state index contributed by atoms with van der Waals surface area (Å²) in [5, 5.41) is 54.2. The van der Waals surface area contributed by atoms with E-state index in [1.165, 1.54) is 6.92 Å². The van der Waals surface area contributed by atoms with E-state index in [-0.39, 0.29) is 82.7 Å². The van der Waals surface area contributed by atoms with Gasteiger partial charge in [-0.2, -0.15) is 0 Å². The van der Waals surface area contributed by atoms with Crippen LogP contribution >= 0.6 is 31.9 Å². The fourth-order valence-corrected chi connectivity index (χ4v) is 13.5. The summed E-state index contributed by atoms with van der Waals surface area (Å²) in [5.41, 5.74) is 0.242. The molecule has 5 aromatic rings. The summed E-state index contributed by atoms with van der Waals surface area (Å²) in [5.74, 6) is 11.1. The first kappa shape index (κ1) is 140. The van der Waals surface area contributed by atoms with Crippen LogP contribution < -0.4 is 40.2 Å². The Kier molecular flexibility index (Phi) is 69.9. The molecule has 0 spiro atoms. The number of aliphatic hydroxyl groups excluding tert-OH is 4. The van der Waals surface area contributed by atoms with Crippen molar-refractivity contribution in [3.05, 3.63) is 118 Å². The minimum atomic E-state index is -1.83. The van der Waals surface area contributed by atoms with Crippen LogP contribution in [0.5, 0.6) is 28.7 Å². The lowest BCUT2D eigenvalue weighted by Crippen LogP contribution is -2.43. The molecule has 0 saturated heterocycles. The highest BCUT2D eigenvalue weighted by Crippen LogP contribution is 2.40. The van der Waals surface area contributed by atoms with E-state index in [4.69, 9.17) is 87.6 Å².